The Bertz CT molecular complexity index is 1020. The predicted octanol–water partition coefficient (Wildman–Crippen LogP) is 5.31. The van der Waals surface area contributed by atoms with Crippen LogP contribution < -0.4 is 4.74 Å². The number of para-hydroxylation sites is 1. The highest BCUT2D eigenvalue weighted by Crippen LogP contribution is 2.36. The van der Waals surface area contributed by atoms with Gasteiger partial charge in [-0.15, -0.1) is 6.58 Å². The van der Waals surface area contributed by atoms with Gasteiger partial charge in [0.05, 0.1) is 23.3 Å². The number of aliphatic hydroxyl groups excluding tert-OH is 1. The molecule has 6 nitrogen and oxygen atoms in total. The van der Waals surface area contributed by atoms with Crippen molar-refractivity contribution >= 4 is 11.6 Å². The number of nitrogens with zero attached hydrogens (tertiary/aromatic N) is 3. The molecule has 0 aliphatic heterocycles. The van der Waals surface area contributed by atoms with E-state index in [-0.39, 0.29) is 0 Å². The van der Waals surface area contributed by atoms with E-state index < -0.39 is 6.10 Å². The summed E-state index contributed by atoms with van der Waals surface area (Å²) in [4.78, 5) is 2.17. The molecule has 0 amide bonds. The van der Waals surface area contributed by atoms with E-state index in [1.807, 2.05) is 61.7 Å². The van der Waals surface area contributed by atoms with Crippen LogP contribution in [0.4, 0.5) is 0 Å². The van der Waals surface area contributed by atoms with Crippen LogP contribution in [0.5, 0.6) is 11.6 Å². The molecule has 33 heavy (non-hydrogen) atoms. The first kappa shape index (κ1) is 25.0. The molecule has 176 valence electrons. The molecule has 7 heteroatoms. The molecule has 1 aromatic heterocycles. The van der Waals surface area contributed by atoms with E-state index in [4.69, 9.17) is 26.2 Å². The first-order chi connectivity index (χ1) is 16.0. The van der Waals surface area contributed by atoms with Crippen molar-refractivity contribution < 1.29 is 14.6 Å². The Morgan fingerprint density at radius 1 is 1.18 bits per heavy atom. The zero-order valence-electron chi connectivity index (χ0n) is 19.3. The zero-order chi connectivity index (χ0) is 23.6. The van der Waals surface area contributed by atoms with E-state index in [9.17, 15) is 5.11 Å². The molecule has 0 fully saturated rings. The number of ether oxygens (including phenoxy) is 2. The van der Waals surface area contributed by atoms with Gasteiger partial charge in [0.15, 0.2) is 0 Å². The SMILES string of the molecule is C=CCCC(O)CN(CCOC)Cc1c(-c2ccccc2)nn(C)c1Oc1ccccc1Cl. The number of allylic oxidation sites excluding steroid dienone is 1. The number of aromatic nitrogens is 2. The Kier molecular flexibility index (Phi) is 9.51. The molecule has 0 saturated carbocycles. The normalized spacial score (nSPS) is 12.2. The molecular formula is C26H32ClN3O3. The lowest BCUT2D eigenvalue weighted by molar-refractivity contribution is 0.0806. The van der Waals surface area contributed by atoms with E-state index in [1.54, 1.807) is 17.9 Å². The van der Waals surface area contributed by atoms with E-state index in [0.717, 1.165) is 23.2 Å². The highest BCUT2D eigenvalue weighted by atomic mass is 35.5. The monoisotopic (exact) mass is 469 g/mol. The summed E-state index contributed by atoms with van der Waals surface area (Å²) in [5.74, 6) is 1.18. The van der Waals surface area contributed by atoms with Crippen molar-refractivity contribution in [2.45, 2.75) is 25.5 Å². The number of aliphatic hydroxyl groups is 1. The summed E-state index contributed by atoms with van der Waals surface area (Å²) in [5.41, 5.74) is 2.76. The fourth-order valence-corrected chi connectivity index (χ4v) is 3.83. The Morgan fingerprint density at radius 3 is 2.61 bits per heavy atom. The van der Waals surface area contributed by atoms with Crippen molar-refractivity contribution in [2.24, 2.45) is 7.05 Å². The van der Waals surface area contributed by atoms with Gasteiger partial charge in [-0.05, 0) is 25.0 Å². The molecule has 1 N–H and O–H groups in total. The summed E-state index contributed by atoms with van der Waals surface area (Å²) in [5, 5.41) is 15.9. The van der Waals surface area contributed by atoms with Gasteiger partial charge in [-0.1, -0.05) is 60.1 Å². The van der Waals surface area contributed by atoms with Crippen LogP contribution in [-0.4, -0.2) is 52.7 Å². The van der Waals surface area contributed by atoms with Gasteiger partial charge >= 0.3 is 0 Å². The topological polar surface area (TPSA) is 59.8 Å². The second-order valence-corrected chi connectivity index (χ2v) is 8.31. The number of hydrogen-bond donors (Lipinski definition) is 1. The average molecular weight is 470 g/mol. The van der Waals surface area contributed by atoms with Gasteiger partial charge in [0.25, 0.3) is 0 Å². The largest absolute Gasteiger partial charge is 0.437 e. The number of aryl methyl sites for hydroxylation is 1. The van der Waals surface area contributed by atoms with E-state index in [1.165, 1.54) is 0 Å². The molecule has 3 aromatic rings. The van der Waals surface area contributed by atoms with E-state index >= 15 is 0 Å². The summed E-state index contributed by atoms with van der Waals surface area (Å²) >= 11 is 6.37. The van der Waals surface area contributed by atoms with Crippen LogP contribution in [0.25, 0.3) is 11.3 Å². The Hall–Kier alpha value is -2.64. The number of benzene rings is 2. The van der Waals surface area contributed by atoms with Gasteiger partial charge in [-0.2, -0.15) is 5.10 Å². The zero-order valence-corrected chi connectivity index (χ0v) is 20.0. The molecule has 2 aromatic carbocycles. The Morgan fingerprint density at radius 2 is 1.91 bits per heavy atom. The lowest BCUT2D eigenvalue weighted by atomic mass is 10.1. The molecule has 0 radical (unpaired) electrons. The highest BCUT2D eigenvalue weighted by Gasteiger charge is 2.23. The van der Waals surface area contributed by atoms with Gasteiger partial charge in [-0.25, -0.2) is 4.68 Å². The predicted molar refractivity (Wildman–Crippen MR) is 133 cm³/mol. The lowest BCUT2D eigenvalue weighted by Gasteiger charge is -2.25. The number of rotatable bonds is 13. The minimum Gasteiger partial charge on any atom is -0.437 e. The third-order valence-corrected chi connectivity index (χ3v) is 5.66. The van der Waals surface area contributed by atoms with E-state index in [0.29, 0.717) is 49.3 Å². The minimum absolute atomic E-state index is 0.468. The minimum atomic E-state index is -0.468. The molecule has 0 bridgehead atoms. The first-order valence-corrected chi connectivity index (χ1v) is 11.4. The number of methoxy groups -OCH3 is 1. The van der Waals surface area contributed by atoms with Gasteiger partial charge in [-0.3, -0.25) is 4.90 Å². The van der Waals surface area contributed by atoms with Crippen LogP contribution in [0.2, 0.25) is 5.02 Å². The van der Waals surface area contributed by atoms with Gasteiger partial charge < -0.3 is 14.6 Å². The number of hydrogen-bond acceptors (Lipinski definition) is 5. The Balaban J connectivity index is 1.98. The highest BCUT2D eigenvalue weighted by molar-refractivity contribution is 6.32. The van der Waals surface area contributed by atoms with Gasteiger partial charge in [0.1, 0.15) is 11.4 Å². The smallest absolute Gasteiger partial charge is 0.222 e. The number of halogens is 1. The average Bonchev–Trinajstić information content (AvgIpc) is 3.13. The third kappa shape index (κ3) is 6.92. The molecule has 0 spiro atoms. The summed E-state index contributed by atoms with van der Waals surface area (Å²) in [6.07, 6.45) is 2.79. The van der Waals surface area contributed by atoms with Crippen molar-refractivity contribution in [1.82, 2.24) is 14.7 Å². The van der Waals surface area contributed by atoms with Crippen LogP contribution in [0, 0.1) is 0 Å². The van der Waals surface area contributed by atoms with Crippen LogP contribution in [0.1, 0.15) is 18.4 Å². The summed E-state index contributed by atoms with van der Waals surface area (Å²) in [6.45, 7) is 6.01. The van der Waals surface area contributed by atoms with Crippen molar-refractivity contribution in [3.63, 3.8) is 0 Å². The third-order valence-electron chi connectivity index (χ3n) is 5.34. The van der Waals surface area contributed by atoms with Crippen LogP contribution in [-0.2, 0) is 18.3 Å². The maximum atomic E-state index is 10.6. The molecule has 1 unspecified atom stereocenters. The fraction of sp³-hybridized carbons (Fsp3) is 0.346. The quantitative estimate of drug-likeness (QED) is 0.344. The van der Waals surface area contributed by atoms with E-state index in [2.05, 4.69) is 11.5 Å². The molecule has 0 aliphatic rings. The summed E-state index contributed by atoms with van der Waals surface area (Å²) in [7, 11) is 3.54. The maximum absolute atomic E-state index is 10.6. The summed E-state index contributed by atoms with van der Waals surface area (Å²) in [6, 6.07) is 17.4. The van der Waals surface area contributed by atoms with Gasteiger partial charge in [0.2, 0.25) is 5.88 Å². The molecule has 1 atom stereocenters. The Labute approximate surface area is 201 Å². The summed E-state index contributed by atoms with van der Waals surface area (Å²) < 4.78 is 13.3. The van der Waals surface area contributed by atoms with Crippen LogP contribution >= 0.6 is 11.6 Å². The van der Waals surface area contributed by atoms with Crippen LogP contribution in [0.15, 0.2) is 67.3 Å². The standard InChI is InChI=1S/C26H32ClN3O3/c1-4-5-13-21(31)18-30(16-17-32-3)19-22-25(20-11-7-6-8-12-20)28-29(2)26(22)33-24-15-10-9-14-23(24)27/h4,6-12,14-15,21,31H,1,5,13,16-19H2,2-3H3. The molecule has 0 saturated heterocycles. The first-order valence-electron chi connectivity index (χ1n) is 11.1. The molecule has 3 rings (SSSR count). The van der Waals surface area contributed by atoms with Crippen molar-refractivity contribution in [2.75, 3.05) is 26.8 Å². The molecule has 0 aliphatic carbocycles. The fourth-order valence-electron chi connectivity index (χ4n) is 3.66. The van der Waals surface area contributed by atoms with Crippen molar-refractivity contribution in [3.8, 4) is 22.9 Å². The molecular weight excluding hydrogens is 438 g/mol. The van der Waals surface area contributed by atoms with Crippen LogP contribution in [0.3, 0.4) is 0 Å². The van der Waals surface area contributed by atoms with Gasteiger partial charge in [0, 0.05) is 39.4 Å². The van der Waals surface area contributed by atoms with Crippen molar-refractivity contribution in [3.05, 3.63) is 77.8 Å². The second-order valence-electron chi connectivity index (χ2n) is 7.90. The van der Waals surface area contributed by atoms with Crippen molar-refractivity contribution in [1.29, 1.82) is 0 Å². The second kappa shape index (κ2) is 12.6. The lowest BCUT2D eigenvalue weighted by Crippen LogP contribution is -2.34. The maximum Gasteiger partial charge on any atom is 0.222 e. The molecule has 1 heterocycles.